The summed E-state index contributed by atoms with van der Waals surface area (Å²) in [4.78, 5) is 27.2. The molecule has 0 saturated heterocycles. The largest absolute Gasteiger partial charge is 0.384 e. The zero-order chi connectivity index (χ0) is 25.4. The van der Waals surface area contributed by atoms with Gasteiger partial charge in [-0.3, -0.25) is 9.48 Å². The summed E-state index contributed by atoms with van der Waals surface area (Å²) in [6, 6.07) is 5.53. The molecule has 2 atom stereocenters. The lowest BCUT2D eigenvalue weighted by atomic mass is 9.81. The fraction of sp³-hybridized carbons (Fsp3) is 0.320. The Bertz CT molecular complexity index is 1430. The monoisotopic (exact) mass is 493 g/mol. The van der Waals surface area contributed by atoms with Crippen molar-refractivity contribution in [2.45, 2.75) is 19.9 Å². The predicted molar refractivity (Wildman–Crippen MR) is 128 cm³/mol. The van der Waals surface area contributed by atoms with Gasteiger partial charge in [-0.2, -0.15) is 5.10 Å². The summed E-state index contributed by atoms with van der Waals surface area (Å²) in [5, 5.41) is 7.26. The van der Waals surface area contributed by atoms with Crippen molar-refractivity contribution in [1.29, 1.82) is 0 Å². The SMILES string of the molecule is COC[C@H]1Cn2cc(-c3nc(Nc4ccnn4C)ncc3C)nc2C(=O)C1Cc1ccc(F)c(F)c1. The molecule has 0 amide bonds. The van der Waals surface area contributed by atoms with Gasteiger partial charge in [0.05, 0.1) is 18.5 Å². The van der Waals surface area contributed by atoms with Crippen LogP contribution in [0.5, 0.6) is 0 Å². The van der Waals surface area contributed by atoms with Crippen LogP contribution >= 0.6 is 0 Å². The smallest absolute Gasteiger partial charge is 0.228 e. The number of nitrogens with one attached hydrogen (secondary N) is 1. The third kappa shape index (κ3) is 4.49. The topological polar surface area (TPSA) is 99.8 Å². The number of nitrogens with zero attached hydrogens (tertiary/aromatic N) is 6. The van der Waals surface area contributed by atoms with Crippen LogP contribution in [0.2, 0.25) is 0 Å². The Kier molecular flexibility index (Phi) is 6.31. The molecule has 4 heterocycles. The molecule has 0 bridgehead atoms. The third-order valence-corrected chi connectivity index (χ3v) is 6.43. The highest BCUT2D eigenvalue weighted by atomic mass is 19.2. The van der Waals surface area contributed by atoms with E-state index in [0.29, 0.717) is 41.9 Å². The van der Waals surface area contributed by atoms with Crippen LogP contribution in [0.15, 0.2) is 42.9 Å². The van der Waals surface area contributed by atoms with Crippen molar-refractivity contribution in [3.63, 3.8) is 0 Å². The van der Waals surface area contributed by atoms with Crippen molar-refractivity contribution < 1.29 is 18.3 Å². The number of aromatic nitrogens is 6. The van der Waals surface area contributed by atoms with Crippen LogP contribution in [0.3, 0.4) is 0 Å². The van der Waals surface area contributed by atoms with Gasteiger partial charge >= 0.3 is 0 Å². The normalized spacial score (nSPS) is 17.3. The van der Waals surface area contributed by atoms with Crippen LogP contribution in [0.25, 0.3) is 11.4 Å². The average molecular weight is 494 g/mol. The van der Waals surface area contributed by atoms with Crippen LogP contribution in [-0.4, -0.2) is 48.8 Å². The van der Waals surface area contributed by atoms with Gasteiger partial charge in [-0.25, -0.2) is 23.7 Å². The van der Waals surface area contributed by atoms with Gasteiger partial charge in [-0.05, 0) is 36.6 Å². The maximum Gasteiger partial charge on any atom is 0.228 e. The Balaban J connectivity index is 1.46. The highest BCUT2D eigenvalue weighted by Crippen LogP contribution is 2.32. The summed E-state index contributed by atoms with van der Waals surface area (Å²) in [7, 11) is 3.38. The number of hydrogen-bond donors (Lipinski definition) is 1. The first kappa shape index (κ1) is 23.7. The number of aryl methyl sites for hydroxylation is 2. The summed E-state index contributed by atoms with van der Waals surface area (Å²) in [5.41, 5.74) is 2.51. The molecule has 1 aliphatic heterocycles. The molecule has 36 heavy (non-hydrogen) atoms. The Labute approximate surface area is 206 Å². The molecule has 0 aliphatic carbocycles. The number of imidazole rings is 1. The second-order valence-electron chi connectivity index (χ2n) is 8.93. The first-order valence-electron chi connectivity index (χ1n) is 11.5. The maximum atomic E-state index is 13.8. The van der Waals surface area contributed by atoms with Gasteiger partial charge < -0.3 is 14.6 Å². The summed E-state index contributed by atoms with van der Waals surface area (Å²) in [6.45, 7) is 2.72. The number of ketones is 1. The van der Waals surface area contributed by atoms with Crippen LogP contribution in [0, 0.1) is 30.4 Å². The second kappa shape index (κ2) is 9.57. The summed E-state index contributed by atoms with van der Waals surface area (Å²) >= 11 is 0. The zero-order valence-electron chi connectivity index (χ0n) is 20.1. The van der Waals surface area contributed by atoms with E-state index in [1.807, 2.05) is 17.7 Å². The van der Waals surface area contributed by atoms with Crippen LogP contribution in [0.1, 0.15) is 21.7 Å². The van der Waals surface area contributed by atoms with Crippen molar-refractivity contribution in [2.75, 3.05) is 19.0 Å². The maximum absolute atomic E-state index is 13.8. The molecule has 1 aromatic carbocycles. The lowest BCUT2D eigenvalue weighted by Crippen LogP contribution is -2.38. The minimum Gasteiger partial charge on any atom is -0.384 e. The first-order valence-corrected chi connectivity index (χ1v) is 11.5. The van der Waals surface area contributed by atoms with Crippen LogP contribution < -0.4 is 5.32 Å². The third-order valence-electron chi connectivity index (χ3n) is 6.43. The number of halogens is 2. The molecule has 11 heteroatoms. The molecule has 186 valence electrons. The Morgan fingerprint density at radius 1 is 1.19 bits per heavy atom. The number of carbonyl (C=O) groups excluding carboxylic acids is 1. The number of ether oxygens (including phenoxy) is 1. The van der Waals surface area contributed by atoms with E-state index >= 15 is 0 Å². The van der Waals surface area contributed by atoms with Gasteiger partial charge in [0.15, 0.2) is 17.5 Å². The lowest BCUT2D eigenvalue weighted by molar-refractivity contribution is 0.0642. The van der Waals surface area contributed by atoms with Crippen LogP contribution in [0.4, 0.5) is 20.5 Å². The van der Waals surface area contributed by atoms with Gasteiger partial charge in [-0.15, -0.1) is 0 Å². The molecule has 4 aromatic rings. The minimum atomic E-state index is -0.933. The minimum absolute atomic E-state index is 0.154. The number of benzene rings is 1. The second-order valence-corrected chi connectivity index (χ2v) is 8.93. The van der Waals surface area contributed by atoms with Gasteiger partial charge in [0.25, 0.3) is 0 Å². The number of fused-ring (bicyclic) bond motifs is 1. The average Bonchev–Trinajstić information content (AvgIpc) is 3.46. The van der Waals surface area contributed by atoms with E-state index in [0.717, 1.165) is 23.5 Å². The Morgan fingerprint density at radius 2 is 2.03 bits per heavy atom. The molecule has 9 nitrogen and oxygen atoms in total. The Morgan fingerprint density at radius 3 is 2.75 bits per heavy atom. The van der Waals surface area contributed by atoms with E-state index in [2.05, 4.69) is 25.4 Å². The molecule has 5 rings (SSSR count). The quantitative estimate of drug-likeness (QED) is 0.419. The Hall–Kier alpha value is -3.99. The van der Waals surface area contributed by atoms with E-state index in [9.17, 15) is 13.6 Å². The molecule has 1 N–H and O–H groups in total. The van der Waals surface area contributed by atoms with Gasteiger partial charge in [0.2, 0.25) is 11.7 Å². The van der Waals surface area contributed by atoms with Gasteiger partial charge in [0, 0.05) is 51.0 Å². The summed E-state index contributed by atoms with van der Waals surface area (Å²) in [6.07, 6.45) is 5.44. The molecule has 1 aliphatic rings. The highest BCUT2D eigenvalue weighted by molar-refractivity contribution is 5.96. The molecule has 1 unspecified atom stereocenters. The number of hydrogen-bond acceptors (Lipinski definition) is 7. The number of Topliss-reactive ketones (excluding diaryl/α,β-unsaturated/α-hetero) is 1. The van der Waals surface area contributed by atoms with Crippen LogP contribution in [-0.2, 0) is 24.8 Å². The van der Waals surface area contributed by atoms with Crippen molar-refractivity contribution in [1.82, 2.24) is 29.3 Å². The molecule has 0 spiro atoms. The number of rotatable bonds is 7. The number of methoxy groups -OCH3 is 1. The summed E-state index contributed by atoms with van der Waals surface area (Å²) < 4.78 is 36.1. The van der Waals surface area contributed by atoms with Crippen molar-refractivity contribution >= 4 is 17.5 Å². The molecule has 0 fully saturated rings. The molecule has 3 aromatic heterocycles. The lowest BCUT2D eigenvalue weighted by Gasteiger charge is -2.30. The van der Waals surface area contributed by atoms with E-state index in [4.69, 9.17) is 4.74 Å². The van der Waals surface area contributed by atoms with E-state index in [1.165, 1.54) is 6.07 Å². The number of carbonyl (C=O) groups is 1. The number of anilines is 2. The molecule has 0 radical (unpaired) electrons. The van der Waals surface area contributed by atoms with E-state index in [1.54, 1.807) is 37.3 Å². The van der Waals surface area contributed by atoms with E-state index in [-0.39, 0.29) is 18.1 Å². The van der Waals surface area contributed by atoms with Crippen molar-refractivity contribution in [3.8, 4) is 11.4 Å². The standard InChI is InChI=1S/C25H25F2N7O2/c1-14-10-28-25(31-21-6-7-29-33(21)2)32-22(14)20-12-34-11-16(13-36-3)17(23(35)24(34)30-20)8-15-4-5-18(26)19(27)9-15/h4-7,9-10,12,16-17H,8,11,13H2,1-3H3,(H,28,31,32)/t16-,17?/m1/s1. The molecule has 0 saturated carbocycles. The zero-order valence-corrected chi connectivity index (χ0v) is 20.1. The molecular weight excluding hydrogens is 468 g/mol. The fourth-order valence-corrected chi connectivity index (χ4v) is 4.56. The summed E-state index contributed by atoms with van der Waals surface area (Å²) in [5.74, 6) is -1.23. The van der Waals surface area contributed by atoms with E-state index < -0.39 is 17.6 Å². The van der Waals surface area contributed by atoms with Gasteiger partial charge in [-0.1, -0.05) is 6.07 Å². The van der Waals surface area contributed by atoms with Crippen molar-refractivity contribution in [3.05, 3.63) is 71.4 Å². The highest BCUT2D eigenvalue weighted by Gasteiger charge is 2.37. The fourth-order valence-electron chi connectivity index (χ4n) is 4.56. The predicted octanol–water partition coefficient (Wildman–Crippen LogP) is 3.72. The van der Waals surface area contributed by atoms with Gasteiger partial charge in [0.1, 0.15) is 11.5 Å². The van der Waals surface area contributed by atoms with Crippen molar-refractivity contribution in [2.24, 2.45) is 18.9 Å². The first-order chi connectivity index (χ1) is 17.3. The molecular formula is C25H25F2N7O2.